The molecule has 0 saturated heterocycles. The van der Waals surface area contributed by atoms with Gasteiger partial charge in [0.1, 0.15) is 11.5 Å². The lowest BCUT2D eigenvalue weighted by atomic mass is 10.4. The minimum Gasteiger partial charge on any atom is -0.464 e. The molecule has 0 unspecified atom stereocenters. The normalized spacial score (nSPS) is 10.7. The minimum atomic E-state index is 0.696. The maximum atomic E-state index is 5.72. The summed E-state index contributed by atoms with van der Waals surface area (Å²) in [7, 11) is 5.89. The Hall–Kier alpha value is -0.720. The van der Waals surface area contributed by atoms with Gasteiger partial charge in [0, 0.05) is 19.3 Å². The molecule has 1 aromatic rings. The van der Waals surface area contributed by atoms with Crippen LogP contribution in [0.5, 0.6) is 0 Å². The number of nitrogens with zero attached hydrogens (tertiary/aromatic N) is 1. The number of hydrogen-bond donors (Lipinski definition) is 2. The summed E-state index contributed by atoms with van der Waals surface area (Å²) in [6.45, 7) is 1.72. The standard InChI is InChI=1S/C12H21N3OS2/c1-13-12(17)14-6-7-18-9-11-5-4-10(16-11)8-15(2)3/h4-5H,6-9H2,1-3H3,(H2,13,14,17). The lowest BCUT2D eigenvalue weighted by molar-refractivity contribution is 0.344. The van der Waals surface area contributed by atoms with E-state index in [1.807, 2.05) is 39.0 Å². The summed E-state index contributed by atoms with van der Waals surface area (Å²) in [4.78, 5) is 2.10. The van der Waals surface area contributed by atoms with E-state index in [0.717, 1.165) is 36.1 Å². The zero-order valence-electron chi connectivity index (χ0n) is 11.2. The van der Waals surface area contributed by atoms with Crippen molar-refractivity contribution in [3.8, 4) is 0 Å². The molecule has 0 aliphatic heterocycles. The summed E-state index contributed by atoms with van der Waals surface area (Å²) < 4.78 is 5.72. The zero-order valence-corrected chi connectivity index (χ0v) is 12.8. The highest BCUT2D eigenvalue weighted by Crippen LogP contribution is 2.15. The van der Waals surface area contributed by atoms with Crippen LogP contribution in [-0.4, -0.2) is 43.5 Å². The first-order chi connectivity index (χ1) is 8.61. The molecule has 0 aliphatic rings. The Bertz CT molecular complexity index is 366. The van der Waals surface area contributed by atoms with Gasteiger partial charge in [0.25, 0.3) is 0 Å². The van der Waals surface area contributed by atoms with Gasteiger partial charge >= 0.3 is 0 Å². The molecule has 102 valence electrons. The Morgan fingerprint density at radius 1 is 1.39 bits per heavy atom. The van der Waals surface area contributed by atoms with E-state index < -0.39 is 0 Å². The van der Waals surface area contributed by atoms with Crippen molar-refractivity contribution in [2.45, 2.75) is 12.3 Å². The molecule has 0 bridgehead atoms. The Kier molecular flexibility index (Phi) is 7.15. The molecule has 0 amide bonds. The number of nitrogens with one attached hydrogen (secondary N) is 2. The molecule has 0 aromatic carbocycles. The van der Waals surface area contributed by atoms with Crippen LogP contribution in [0, 0.1) is 0 Å². The Balaban J connectivity index is 2.15. The summed E-state index contributed by atoms with van der Waals surface area (Å²) in [5.41, 5.74) is 0. The molecule has 0 aliphatic carbocycles. The van der Waals surface area contributed by atoms with Gasteiger partial charge in [-0.15, -0.1) is 0 Å². The van der Waals surface area contributed by atoms with Crippen molar-refractivity contribution in [1.29, 1.82) is 0 Å². The van der Waals surface area contributed by atoms with Gasteiger partial charge in [-0.1, -0.05) is 0 Å². The van der Waals surface area contributed by atoms with E-state index in [0.29, 0.717) is 5.11 Å². The van der Waals surface area contributed by atoms with Crippen LogP contribution >= 0.6 is 24.0 Å². The molecule has 2 N–H and O–H groups in total. The fourth-order valence-corrected chi connectivity index (χ4v) is 2.24. The summed E-state index contributed by atoms with van der Waals surface area (Å²) in [5.74, 6) is 3.96. The Morgan fingerprint density at radius 3 is 2.78 bits per heavy atom. The van der Waals surface area contributed by atoms with Gasteiger partial charge in [-0.3, -0.25) is 0 Å². The summed E-state index contributed by atoms with van der Waals surface area (Å²) >= 11 is 6.82. The second kappa shape index (κ2) is 8.39. The van der Waals surface area contributed by atoms with E-state index in [9.17, 15) is 0 Å². The maximum Gasteiger partial charge on any atom is 0.166 e. The molecule has 6 heteroatoms. The number of thioether (sulfide) groups is 1. The van der Waals surface area contributed by atoms with Gasteiger partial charge in [0.15, 0.2) is 5.11 Å². The van der Waals surface area contributed by atoms with Gasteiger partial charge in [0.2, 0.25) is 0 Å². The van der Waals surface area contributed by atoms with Crippen LogP contribution in [0.1, 0.15) is 11.5 Å². The lowest BCUT2D eigenvalue weighted by Gasteiger charge is -2.06. The third-order valence-electron chi connectivity index (χ3n) is 2.19. The molecule has 1 aromatic heterocycles. The highest BCUT2D eigenvalue weighted by atomic mass is 32.2. The molecular formula is C12H21N3OS2. The van der Waals surface area contributed by atoms with Crippen molar-refractivity contribution in [2.75, 3.05) is 33.4 Å². The number of furan rings is 1. The van der Waals surface area contributed by atoms with Crippen LogP contribution < -0.4 is 10.6 Å². The second-order valence-corrected chi connectivity index (χ2v) is 5.68. The molecule has 0 saturated carbocycles. The van der Waals surface area contributed by atoms with Crippen molar-refractivity contribution in [3.63, 3.8) is 0 Å². The van der Waals surface area contributed by atoms with Crippen LogP contribution in [0.2, 0.25) is 0 Å². The predicted molar refractivity (Wildman–Crippen MR) is 81.9 cm³/mol. The third kappa shape index (κ3) is 6.28. The van der Waals surface area contributed by atoms with E-state index in [4.69, 9.17) is 16.6 Å². The van der Waals surface area contributed by atoms with Gasteiger partial charge in [-0.05, 0) is 38.4 Å². The highest BCUT2D eigenvalue weighted by Gasteiger charge is 2.03. The van der Waals surface area contributed by atoms with E-state index in [1.165, 1.54) is 0 Å². The van der Waals surface area contributed by atoms with Crippen molar-refractivity contribution >= 4 is 29.1 Å². The van der Waals surface area contributed by atoms with Crippen molar-refractivity contribution < 1.29 is 4.42 Å². The van der Waals surface area contributed by atoms with Crippen molar-refractivity contribution in [3.05, 3.63) is 23.7 Å². The number of thiocarbonyl (C=S) groups is 1. The van der Waals surface area contributed by atoms with Gasteiger partial charge in [-0.25, -0.2) is 0 Å². The summed E-state index contributed by atoms with van der Waals surface area (Å²) in [6.07, 6.45) is 0. The molecule has 4 nitrogen and oxygen atoms in total. The quantitative estimate of drug-likeness (QED) is 0.587. The molecular weight excluding hydrogens is 266 g/mol. The summed E-state index contributed by atoms with van der Waals surface area (Å²) in [5, 5.41) is 6.69. The average molecular weight is 287 g/mol. The van der Waals surface area contributed by atoms with Crippen LogP contribution in [0.3, 0.4) is 0 Å². The highest BCUT2D eigenvalue weighted by molar-refractivity contribution is 7.98. The van der Waals surface area contributed by atoms with Crippen LogP contribution in [0.15, 0.2) is 16.5 Å². The first-order valence-electron chi connectivity index (χ1n) is 5.87. The molecule has 0 atom stereocenters. The van der Waals surface area contributed by atoms with Crippen molar-refractivity contribution in [1.82, 2.24) is 15.5 Å². The molecule has 18 heavy (non-hydrogen) atoms. The predicted octanol–water partition coefficient (Wildman–Crippen LogP) is 1.67. The fraction of sp³-hybridized carbons (Fsp3) is 0.583. The van der Waals surface area contributed by atoms with Crippen LogP contribution in [0.4, 0.5) is 0 Å². The second-order valence-electron chi connectivity index (χ2n) is 4.16. The first-order valence-corrected chi connectivity index (χ1v) is 7.43. The Labute approximate surface area is 118 Å². The van der Waals surface area contributed by atoms with Crippen LogP contribution in [-0.2, 0) is 12.3 Å². The first kappa shape index (κ1) is 15.3. The average Bonchev–Trinajstić information content (AvgIpc) is 2.75. The molecule has 0 fully saturated rings. The minimum absolute atomic E-state index is 0.696. The number of rotatable bonds is 7. The van der Waals surface area contributed by atoms with E-state index in [1.54, 1.807) is 0 Å². The molecule has 1 rings (SSSR count). The van der Waals surface area contributed by atoms with E-state index in [2.05, 4.69) is 21.6 Å². The van der Waals surface area contributed by atoms with Crippen molar-refractivity contribution in [2.24, 2.45) is 0 Å². The SMILES string of the molecule is CNC(=S)NCCSCc1ccc(CN(C)C)o1. The van der Waals surface area contributed by atoms with E-state index in [-0.39, 0.29) is 0 Å². The van der Waals surface area contributed by atoms with Crippen LogP contribution in [0.25, 0.3) is 0 Å². The fourth-order valence-electron chi connectivity index (χ4n) is 1.39. The zero-order chi connectivity index (χ0) is 13.4. The molecule has 0 spiro atoms. The number of hydrogen-bond acceptors (Lipinski definition) is 4. The lowest BCUT2D eigenvalue weighted by Crippen LogP contribution is -2.33. The summed E-state index contributed by atoms with van der Waals surface area (Å²) in [6, 6.07) is 4.10. The van der Waals surface area contributed by atoms with Gasteiger partial charge < -0.3 is 20.0 Å². The topological polar surface area (TPSA) is 40.4 Å². The molecule has 1 heterocycles. The van der Waals surface area contributed by atoms with E-state index >= 15 is 0 Å². The van der Waals surface area contributed by atoms with Gasteiger partial charge in [-0.2, -0.15) is 11.8 Å². The third-order valence-corrected chi connectivity index (χ3v) is 3.52. The van der Waals surface area contributed by atoms with Gasteiger partial charge in [0.05, 0.1) is 12.3 Å². The monoisotopic (exact) mass is 287 g/mol. The largest absolute Gasteiger partial charge is 0.464 e. The molecule has 0 radical (unpaired) electrons. The maximum absolute atomic E-state index is 5.72. The smallest absolute Gasteiger partial charge is 0.166 e. The Morgan fingerprint density at radius 2 is 2.11 bits per heavy atom.